The Kier molecular flexibility index (Phi) is 5.46. The van der Waals surface area contributed by atoms with Gasteiger partial charge in [0.15, 0.2) is 0 Å². The molecule has 0 unspecified atom stereocenters. The summed E-state index contributed by atoms with van der Waals surface area (Å²) in [6.07, 6.45) is 2.70. The molecular formula is C21H24N4O2. The summed E-state index contributed by atoms with van der Waals surface area (Å²) in [5.74, 6) is 0.308. The van der Waals surface area contributed by atoms with Crippen LogP contribution in [0.2, 0.25) is 0 Å². The summed E-state index contributed by atoms with van der Waals surface area (Å²) < 4.78 is 7.30. The van der Waals surface area contributed by atoms with Crippen LogP contribution in [0.1, 0.15) is 21.9 Å². The third kappa shape index (κ3) is 4.18. The molecular weight excluding hydrogens is 340 g/mol. The number of aromatic nitrogens is 2. The molecule has 0 aliphatic carbocycles. The molecule has 140 valence electrons. The first-order valence-corrected chi connectivity index (χ1v) is 9.39. The summed E-state index contributed by atoms with van der Waals surface area (Å²) in [6, 6.07) is 16.1. The van der Waals surface area contributed by atoms with Crippen molar-refractivity contribution in [2.24, 2.45) is 0 Å². The highest BCUT2D eigenvalue weighted by Gasteiger charge is 2.19. The van der Waals surface area contributed by atoms with Gasteiger partial charge in [0, 0.05) is 32.4 Å². The van der Waals surface area contributed by atoms with E-state index in [9.17, 15) is 4.79 Å². The molecule has 6 nitrogen and oxygen atoms in total. The number of carbonyl (C=O) groups excluding carboxylic acids is 1. The molecule has 0 saturated carbocycles. The maximum Gasteiger partial charge on any atom is 0.287 e. The van der Waals surface area contributed by atoms with Crippen molar-refractivity contribution < 1.29 is 9.53 Å². The molecule has 1 fully saturated rings. The van der Waals surface area contributed by atoms with E-state index in [1.165, 1.54) is 5.56 Å². The Morgan fingerprint density at radius 1 is 1.07 bits per heavy atom. The maximum atomic E-state index is 12.7. The van der Waals surface area contributed by atoms with Gasteiger partial charge < -0.3 is 10.1 Å². The van der Waals surface area contributed by atoms with Crippen LogP contribution in [0.3, 0.4) is 0 Å². The Hall–Kier alpha value is -2.70. The quantitative estimate of drug-likeness (QED) is 0.728. The molecule has 1 saturated heterocycles. The first kappa shape index (κ1) is 17.7. The Balaban J connectivity index is 1.48. The van der Waals surface area contributed by atoms with E-state index >= 15 is 0 Å². The van der Waals surface area contributed by atoms with Gasteiger partial charge in [-0.1, -0.05) is 36.4 Å². The number of imidazole rings is 1. The molecule has 1 aliphatic rings. The Bertz CT molecular complexity index is 901. The molecule has 0 spiro atoms. The van der Waals surface area contributed by atoms with Crippen LogP contribution < -0.4 is 5.32 Å². The number of ether oxygens (including phenoxy) is 1. The van der Waals surface area contributed by atoms with Crippen LogP contribution in [0.15, 0.2) is 54.7 Å². The summed E-state index contributed by atoms with van der Waals surface area (Å²) in [4.78, 5) is 19.7. The van der Waals surface area contributed by atoms with Crippen LogP contribution >= 0.6 is 0 Å². The number of pyridine rings is 1. The lowest BCUT2D eigenvalue weighted by molar-refractivity contribution is 0.0338. The molecule has 4 rings (SSSR count). The SMILES string of the molecule is O=C(NCCc1ccccc1)c1nc(CN2CCOCC2)c2ccccn12. The molecule has 0 atom stereocenters. The van der Waals surface area contributed by atoms with Crippen molar-refractivity contribution in [1.29, 1.82) is 0 Å². The monoisotopic (exact) mass is 364 g/mol. The van der Waals surface area contributed by atoms with E-state index in [1.54, 1.807) is 0 Å². The third-order valence-electron chi connectivity index (χ3n) is 4.85. The molecule has 2 aromatic heterocycles. The highest BCUT2D eigenvalue weighted by molar-refractivity contribution is 5.92. The van der Waals surface area contributed by atoms with Gasteiger partial charge in [-0.15, -0.1) is 0 Å². The molecule has 27 heavy (non-hydrogen) atoms. The number of rotatable bonds is 6. The fraction of sp³-hybridized carbons (Fsp3) is 0.333. The fourth-order valence-electron chi connectivity index (χ4n) is 3.39. The first-order valence-electron chi connectivity index (χ1n) is 9.39. The van der Waals surface area contributed by atoms with Crippen LogP contribution in [0.25, 0.3) is 5.52 Å². The zero-order valence-corrected chi connectivity index (χ0v) is 15.3. The number of hydrogen-bond donors (Lipinski definition) is 1. The number of nitrogens with one attached hydrogen (secondary N) is 1. The minimum absolute atomic E-state index is 0.139. The second-order valence-electron chi connectivity index (χ2n) is 6.72. The van der Waals surface area contributed by atoms with Gasteiger partial charge in [0.05, 0.1) is 24.4 Å². The second-order valence-corrected chi connectivity index (χ2v) is 6.72. The van der Waals surface area contributed by atoms with Gasteiger partial charge in [-0.2, -0.15) is 0 Å². The number of hydrogen-bond acceptors (Lipinski definition) is 4. The number of amides is 1. The van der Waals surface area contributed by atoms with Crippen LogP contribution in [0, 0.1) is 0 Å². The van der Waals surface area contributed by atoms with E-state index < -0.39 is 0 Å². The highest BCUT2D eigenvalue weighted by Crippen LogP contribution is 2.16. The predicted molar refractivity (Wildman–Crippen MR) is 104 cm³/mol. The Labute approximate surface area is 158 Å². The minimum atomic E-state index is -0.139. The third-order valence-corrected chi connectivity index (χ3v) is 4.85. The lowest BCUT2D eigenvalue weighted by Crippen LogP contribution is -2.35. The van der Waals surface area contributed by atoms with Crippen LogP contribution in [-0.2, 0) is 17.7 Å². The van der Waals surface area contributed by atoms with Gasteiger partial charge >= 0.3 is 0 Å². The van der Waals surface area contributed by atoms with Crippen LogP contribution in [0.5, 0.6) is 0 Å². The summed E-state index contributed by atoms with van der Waals surface area (Å²) in [5.41, 5.74) is 3.13. The summed E-state index contributed by atoms with van der Waals surface area (Å²) in [7, 11) is 0. The molecule has 1 amide bonds. The normalized spacial score (nSPS) is 15.1. The van der Waals surface area contributed by atoms with Gasteiger partial charge in [0.25, 0.3) is 5.91 Å². The van der Waals surface area contributed by atoms with Crippen molar-refractivity contribution in [2.45, 2.75) is 13.0 Å². The zero-order chi connectivity index (χ0) is 18.5. The van der Waals surface area contributed by atoms with E-state index in [2.05, 4.69) is 27.3 Å². The van der Waals surface area contributed by atoms with E-state index in [-0.39, 0.29) is 5.91 Å². The zero-order valence-electron chi connectivity index (χ0n) is 15.3. The molecule has 1 aromatic carbocycles. The number of nitrogens with zero attached hydrogens (tertiary/aromatic N) is 3. The van der Waals surface area contributed by atoms with E-state index in [1.807, 2.05) is 47.0 Å². The van der Waals surface area contributed by atoms with Crippen molar-refractivity contribution in [2.75, 3.05) is 32.8 Å². The van der Waals surface area contributed by atoms with Crippen molar-refractivity contribution in [3.63, 3.8) is 0 Å². The van der Waals surface area contributed by atoms with Crippen LogP contribution in [-0.4, -0.2) is 53.0 Å². The average Bonchev–Trinajstić information content (AvgIpc) is 3.08. The van der Waals surface area contributed by atoms with Crippen molar-refractivity contribution in [3.05, 3.63) is 71.8 Å². The molecule has 3 aromatic rings. The van der Waals surface area contributed by atoms with Gasteiger partial charge in [0.1, 0.15) is 0 Å². The maximum absolute atomic E-state index is 12.7. The van der Waals surface area contributed by atoms with E-state index in [0.717, 1.165) is 50.5 Å². The largest absolute Gasteiger partial charge is 0.379 e. The minimum Gasteiger partial charge on any atom is -0.379 e. The Morgan fingerprint density at radius 2 is 1.85 bits per heavy atom. The van der Waals surface area contributed by atoms with Crippen molar-refractivity contribution in [1.82, 2.24) is 19.6 Å². The van der Waals surface area contributed by atoms with E-state index in [0.29, 0.717) is 12.4 Å². The topological polar surface area (TPSA) is 58.9 Å². The lowest BCUT2D eigenvalue weighted by atomic mass is 10.1. The van der Waals surface area contributed by atoms with Gasteiger partial charge in [-0.25, -0.2) is 4.98 Å². The molecule has 3 heterocycles. The molecule has 0 bridgehead atoms. The molecule has 1 aliphatic heterocycles. The number of morpholine rings is 1. The standard InChI is InChI=1S/C21H24N4O2/c26-21(22-10-9-17-6-2-1-3-7-17)20-23-18(16-24-12-14-27-15-13-24)19-8-4-5-11-25(19)20/h1-8,11H,9-10,12-16H2,(H,22,26). The van der Waals surface area contributed by atoms with Gasteiger partial charge in [-0.05, 0) is 24.1 Å². The number of fused-ring (bicyclic) bond motifs is 1. The lowest BCUT2D eigenvalue weighted by Gasteiger charge is -2.25. The highest BCUT2D eigenvalue weighted by atomic mass is 16.5. The molecule has 1 N–H and O–H groups in total. The van der Waals surface area contributed by atoms with Crippen molar-refractivity contribution in [3.8, 4) is 0 Å². The summed E-state index contributed by atoms with van der Waals surface area (Å²) >= 11 is 0. The smallest absolute Gasteiger partial charge is 0.287 e. The first-order chi connectivity index (χ1) is 13.3. The average molecular weight is 364 g/mol. The molecule has 0 radical (unpaired) electrons. The van der Waals surface area contributed by atoms with Gasteiger partial charge in [0.2, 0.25) is 5.82 Å². The second kappa shape index (κ2) is 8.33. The Morgan fingerprint density at radius 3 is 2.67 bits per heavy atom. The van der Waals surface area contributed by atoms with Gasteiger partial charge in [-0.3, -0.25) is 14.1 Å². The fourth-order valence-corrected chi connectivity index (χ4v) is 3.39. The summed E-state index contributed by atoms with van der Waals surface area (Å²) in [6.45, 7) is 4.60. The molecule has 6 heteroatoms. The summed E-state index contributed by atoms with van der Waals surface area (Å²) in [5, 5.41) is 3.00. The number of carbonyl (C=O) groups is 1. The van der Waals surface area contributed by atoms with Crippen molar-refractivity contribution >= 4 is 11.4 Å². The number of benzene rings is 1. The van der Waals surface area contributed by atoms with Crippen LogP contribution in [0.4, 0.5) is 0 Å². The predicted octanol–water partition coefficient (Wildman–Crippen LogP) is 2.14. The van der Waals surface area contributed by atoms with E-state index in [4.69, 9.17) is 4.74 Å².